The third-order valence-corrected chi connectivity index (χ3v) is 3.14. The van der Waals surface area contributed by atoms with Crippen LogP contribution >= 0.6 is 0 Å². The third-order valence-electron chi connectivity index (χ3n) is 3.14. The zero-order chi connectivity index (χ0) is 13.0. The number of amides is 1. The molecule has 1 fully saturated rings. The molecule has 2 N–H and O–H groups in total. The second kappa shape index (κ2) is 5.50. The molecule has 0 spiro atoms. The van der Waals surface area contributed by atoms with Crippen LogP contribution in [0.5, 0.6) is 0 Å². The van der Waals surface area contributed by atoms with Crippen LogP contribution in [0.15, 0.2) is 24.3 Å². The topological polar surface area (TPSA) is 58.6 Å². The number of hydrogen-bond donors (Lipinski definition) is 2. The summed E-state index contributed by atoms with van der Waals surface area (Å²) in [5, 5.41) is 12.8. The molecule has 4 heteroatoms. The van der Waals surface area contributed by atoms with Gasteiger partial charge in [-0.1, -0.05) is 29.8 Å². The predicted molar refractivity (Wildman–Crippen MR) is 68.3 cm³/mol. The number of aliphatic hydroxyl groups is 1. The molecular weight excluding hydrogens is 230 g/mol. The Hall–Kier alpha value is -1.39. The van der Waals surface area contributed by atoms with Crippen molar-refractivity contribution in [2.75, 3.05) is 19.8 Å². The molecule has 0 saturated carbocycles. The Morgan fingerprint density at radius 3 is 3.06 bits per heavy atom. The fourth-order valence-electron chi connectivity index (χ4n) is 2.07. The minimum absolute atomic E-state index is 0.0686. The van der Waals surface area contributed by atoms with Gasteiger partial charge in [-0.05, 0) is 12.5 Å². The van der Waals surface area contributed by atoms with Crippen LogP contribution in [0.4, 0.5) is 0 Å². The van der Waals surface area contributed by atoms with Crippen LogP contribution < -0.4 is 5.32 Å². The molecule has 1 heterocycles. The average Bonchev–Trinajstić information content (AvgIpc) is 2.74. The summed E-state index contributed by atoms with van der Waals surface area (Å²) in [7, 11) is 0. The van der Waals surface area contributed by atoms with Crippen molar-refractivity contribution in [3.05, 3.63) is 35.4 Å². The first-order chi connectivity index (χ1) is 8.57. The van der Waals surface area contributed by atoms with Gasteiger partial charge in [-0.2, -0.15) is 0 Å². The van der Waals surface area contributed by atoms with Gasteiger partial charge in [-0.15, -0.1) is 0 Å². The summed E-state index contributed by atoms with van der Waals surface area (Å²) in [5.41, 5.74) is 1.24. The van der Waals surface area contributed by atoms with Gasteiger partial charge < -0.3 is 15.2 Å². The number of carbonyl (C=O) groups is 1. The molecule has 0 bridgehead atoms. The van der Waals surface area contributed by atoms with E-state index in [2.05, 4.69) is 5.32 Å². The number of ether oxygens (including phenoxy) is 1. The van der Waals surface area contributed by atoms with Crippen LogP contribution in [0.2, 0.25) is 0 Å². The first-order valence-corrected chi connectivity index (χ1v) is 6.20. The smallest absolute Gasteiger partial charge is 0.224 e. The maximum Gasteiger partial charge on any atom is 0.224 e. The Morgan fingerprint density at radius 1 is 1.56 bits per heavy atom. The van der Waals surface area contributed by atoms with Crippen molar-refractivity contribution in [2.24, 2.45) is 0 Å². The van der Waals surface area contributed by atoms with E-state index in [1.54, 1.807) is 0 Å². The molecule has 1 aliphatic heterocycles. The van der Waals surface area contributed by atoms with Gasteiger partial charge in [0.25, 0.3) is 0 Å². The lowest BCUT2D eigenvalue weighted by molar-refractivity contribution is -0.121. The van der Waals surface area contributed by atoms with E-state index in [4.69, 9.17) is 4.74 Å². The summed E-state index contributed by atoms with van der Waals surface area (Å²) < 4.78 is 5.13. The zero-order valence-electron chi connectivity index (χ0n) is 10.6. The molecule has 0 radical (unpaired) electrons. The Balaban J connectivity index is 1.82. The van der Waals surface area contributed by atoms with Gasteiger partial charge >= 0.3 is 0 Å². The standard InChI is InChI=1S/C14H19NO3/c1-11-3-2-4-12(7-11)8-13(16)15-9-14(17)5-6-18-10-14/h2-4,7,17H,5-6,8-10H2,1H3,(H,15,16). The summed E-state index contributed by atoms with van der Waals surface area (Å²) in [6.45, 7) is 3.12. The molecule has 1 aromatic carbocycles. The normalized spacial score (nSPS) is 23.0. The van der Waals surface area contributed by atoms with Crippen LogP contribution in [0, 0.1) is 6.92 Å². The van der Waals surface area contributed by atoms with E-state index in [0.29, 0.717) is 26.1 Å². The van der Waals surface area contributed by atoms with Crippen molar-refractivity contribution in [3.8, 4) is 0 Å². The molecule has 4 nitrogen and oxygen atoms in total. The second-order valence-electron chi connectivity index (χ2n) is 4.97. The van der Waals surface area contributed by atoms with Gasteiger partial charge in [-0.3, -0.25) is 4.79 Å². The number of benzene rings is 1. The van der Waals surface area contributed by atoms with Gasteiger partial charge in [0, 0.05) is 19.6 Å². The SMILES string of the molecule is Cc1cccc(CC(=O)NCC2(O)CCOC2)c1. The van der Waals surface area contributed by atoms with Crippen LogP contribution in [0.3, 0.4) is 0 Å². The van der Waals surface area contributed by atoms with Gasteiger partial charge in [-0.25, -0.2) is 0 Å². The van der Waals surface area contributed by atoms with Crippen LogP contribution in [0.1, 0.15) is 17.5 Å². The van der Waals surface area contributed by atoms with Gasteiger partial charge in [0.15, 0.2) is 0 Å². The van der Waals surface area contributed by atoms with E-state index in [1.807, 2.05) is 31.2 Å². The highest BCUT2D eigenvalue weighted by Crippen LogP contribution is 2.16. The summed E-state index contributed by atoms with van der Waals surface area (Å²) in [4.78, 5) is 11.8. The lowest BCUT2D eigenvalue weighted by Gasteiger charge is -2.20. The summed E-state index contributed by atoms with van der Waals surface area (Å²) in [6.07, 6.45) is 0.927. The van der Waals surface area contributed by atoms with Crippen LogP contribution in [-0.4, -0.2) is 36.4 Å². The second-order valence-corrected chi connectivity index (χ2v) is 4.97. The number of rotatable bonds is 4. The quantitative estimate of drug-likeness (QED) is 0.830. The monoisotopic (exact) mass is 249 g/mol. The van der Waals surface area contributed by atoms with E-state index in [9.17, 15) is 9.90 Å². The minimum atomic E-state index is -0.887. The van der Waals surface area contributed by atoms with E-state index in [1.165, 1.54) is 0 Å². The highest BCUT2D eigenvalue weighted by atomic mass is 16.5. The Labute approximate surface area is 107 Å². The van der Waals surface area contributed by atoms with E-state index < -0.39 is 5.60 Å². The lowest BCUT2D eigenvalue weighted by Crippen LogP contribution is -2.43. The highest BCUT2D eigenvalue weighted by Gasteiger charge is 2.32. The fraction of sp³-hybridized carbons (Fsp3) is 0.500. The lowest BCUT2D eigenvalue weighted by atomic mass is 10.0. The Kier molecular flexibility index (Phi) is 3.99. The molecule has 2 rings (SSSR count). The Morgan fingerprint density at radius 2 is 2.39 bits per heavy atom. The van der Waals surface area contributed by atoms with E-state index >= 15 is 0 Å². The molecule has 0 aliphatic carbocycles. The maximum atomic E-state index is 11.8. The zero-order valence-corrected chi connectivity index (χ0v) is 10.6. The summed E-state index contributed by atoms with van der Waals surface area (Å²) >= 11 is 0. The molecule has 0 aromatic heterocycles. The fourth-order valence-corrected chi connectivity index (χ4v) is 2.07. The number of carbonyl (C=O) groups excluding carboxylic acids is 1. The van der Waals surface area contributed by atoms with Crippen molar-refractivity contribution >= 4 is 5.91 Å². The molecule has 1 unspecified atom stereocenters. The first kappa shape index (κ1) is 13.1. The first-order valence-electron chi connectivity index (χ1n) is 6.20. The van der Waals surface area contributed by atoms with E-state index in [0.717, 1.165) is 11.1 Å². The molecule has 1 atom stereocenters. The van der Waals surface area contributed by atoms with Crippen LogP contribution in [0.25, 0.3) is 0 Å². The largest absolute Gasteiger partial charge is 0.386 e. The van der Waals surface area contributed by atoms with Gasteiger partial charge in [0.2, 0.25) is 5.91 Å². The van der Waals surface area contributed by atoms with Crippen molar-refractivity contribution < 1.29 is 14.6 Å². The van der Waals surface area contributed by atoms with Gasteiger partial charge in [0.05, 0.1) is 13.0 Å². The Bertz CT molecular complexity index is 425. The molecule has 1 aliphatic rings. The number of aryl methyl sites for hydroxylation is 1. The number of nitrogens with one attached hydrogen (secondary N) is 1. The summed E-state index contributed by atoms with van der Waals surface area (Å²) in [6, 6.07) is 7.86. The van der Waals surface area contributed by atoms with Crippen molar-refractivity contribution in [1.29, 1.82) is 0 Å². The molecule has 1 aromatic rings. The van der Waals surface area contributed by atoms with Crippen LogP contribution in [-0.2, 0) is 16.0 Å². The molecule has 18 heavy (non-hydrogen) atoms. The van der Waals surface area contributed by atoms with Crippen molar-refractivity contribution in [1.82, 2.24) is 5.32 Å². The molecular formula is C14H19NO3. The maximum absolute atomic E-state index is 11.8. The average molecular weight is 249 g/mol. The minimum Gasteiger partial charge on any atom is -0.386 e. The highest BCUT2D eigenvalue weighted by molar-refractivity contribution is 5.78. The van der Waals surface area contributed by atoms with Crippen molar-refractivity contribution in [3.63, 3.8) is 0 Å². The van der Waals surface area contributed by atoms with E-state index in [-0.39, 0.29) is 12.5 Å². The van der Waals surface area contributed by atoms with Crippen molar-refractivity contribution in [2.45, 2.75) is 25.4 Å². The number of hydrogen-bond acceptors (Lipinski definition) is 3. The molecule has 98 valence electrons. The molecule has 1 saturated heterocycles. The van der Waals surface area contributed by atoms with Gasteiger partial charge in [0.1, 0.15) is 5.60 Å². The third kappa shape index (κ3) is 3.55. The predicted octanol–water partition coefficient (Wildman–Crippen LogP) is 0.805. The molecule has 1 amide bonds. The summed E-state index contributed by atoms with van der Waals surface area (Å²) in [5.74, 6) is -0.0686.